The Morgan fingerprint density at radius 1 is 0.931 bits per heavy atom. The molecule has 0 bridgehead atoms. The average molecular weight is 501 g/mol. The van der Waals surface area contributed by atoms with Crippen LogP contribution in [0.2, 0.25) is 26.0 Å². The number of pyridine rings is 1. The third kappa shape index (κ3) is 8.38. The molecule has 13 heteroatoms. The molecule has 154 valence electrons. The molecule has 0 spiro atoms. The molecule has 0 radical (unpaired) electrons. The minimum atomic E-state index is -0.405. The van der Waals surface area contributed by atoms with Crippen LogP contribution in [0.3, 0.4) is 0 Å². The van der Waals surface area contributed by atoms with Gasteiger partial charge in [-0.15, -0.1) is 0 Å². The summed E-state index contributed by atoms with van der Waals surface area (Å²) < 4.78 is 18.0. The molecule has 0 aromatic carbocycles. The first-order valence-electron chi connectivity index (χ1n) is 7.69. The molecule has 0 amide bonds. The van der Waals surface area contributed by atoms with Crippen molar-refractivity contribution in [1.29, 1.82) is 0 Å². The van der Waals surface area contributed by atoms with Crippen LogP contribution < -0.4 is 5.32 Å². The van der Waals surface area contributed by atoms with Gasteiger partial charge in [-0.25, -0.2) is 24.3 Å². The smallest absolute Gasteiger partial charge is 0.225 e. The number of aromatic nitrogens is 5. The minimum absolute atomic E-state index is 0.0308. The van der Waals surface area contributed by atoms with Gasteiger partial charge in [-0.05, 0) is 35.3 Å². The summed E-state index contributed by atoms with van der Waals surface area (Å²) in [5, 5.41) is 3.88. The normalized spacial score (nSPS) is 11.4. The third-order valence-corrected chi connectivity index (χ3v) is 3.99. The van der Waals surface area contributed by atoms with Crippen molar-refractivity contribution in [2.45, 2.75) is 6.04 Å². The van der Waals surface area contributed by atoms with Crippen molar-refractivity contribution in [3.8, 4) is 0 Å². The summed E-state index contributed by atoms with van der Waals surface area (Å²) >= 11 is 27.8. The minimum Gasteiger partial charge on any atom is -0.382 e. The van der Waals surface area contributed by atoms with Crippen molar-refractivity contribution in [2.75, 3.05) is 19.0 Å². The second-order valence-electron chi connectivity index (χ2n) is 5.18. The highest BCUT2D eigenvalue weighted by molar-refractivity contribution is 6.35. The van der Waals surface area contributed by atoms with Crippen LogP contribution >= 0.6 is 58.0 Å². The zero-order chi connectivity index (χ0) is 21.4. The van der Waals surface area contributed by atoms with Gasteiger partial charge in [0.05, 0.1) is 24.5 Å². The second-order valence-corrected chi connectivity index (χ2v) is 7.02. The number of anilines is 1. The Morgan fingerprint density at radius 3 is 2.00 bits per heavy atom. The number of rotatable bonds is 5. The van der Waals surface area contributed by atoms with E-state index in [1.54, 1.807) is 13.2 Å². The molecule has 0 saturated carbocycles. The van der Waals surface area contributed by atoms with Gasteiger partial charge in [-0.3, -0.25) is 4.98 Å². The maximum absolute atomic E-state index is 12.9. The molecule has 0 aliphatic heterocycles. The van der Waals surface area contributed by atoms with Gasteiger partial charge in [0.1, 0.15) is 27.1 Å². The van der Waals surface area contributed by atoms with Crippen molar-refractivity contribution in [3.05, 3.63) is 68.0 Å². The molecule has 1 N–H and O–H groups in total. The fraction of sp³-hybridized carbons (Fsp3) is 0.188. The SMILES string of the molecule is COCC(Nc1cc(Cl)nc(Cl)n1)c1ccc(F)cn1.Clc1cc(Cl)nc(Cl)n1. The Kier molecular flexibility index (Phi) is 9.48. The zero-order valence-electron chi connectivity index (χ0n) is 14.6. The summed E-state index contributed by atoms with van der Waals surface area (Å²) in [4.78, 5) is 18.9. The van der Waals surface area contributed by atoms with E-state index >= 15 is 0 Å². The second kappa shape index (κ2) is 11.6. The molecule has 3 aromatic rings. The van der Waals surface area contributed by atoms with Gasteiger partial charge in [0.2, 0.25) is 10.6 Å². The average Bonchev–Trinajstić information content (AvgIpc) is 2.60. The van der Waals surface area contributed by atoms with Crippen LogP contribution in [-0.4, -0.2) is 38.6 Å². The Balaban J connectivity index is 0.000000278. The topological polar surface area (TPSA) is 85.7 Å². The van der Waals surface area contributed by atoms with Crippen LogP contribution in [-0.2, 0) is 4.74 Å². The fourth-order valence-corrected chi connectivity index (χ4v) is 3.07. The molecule has 29 heavy (non-hydrogen) atoms. The van der Waals surface area contributed by atoms with Crippen molar-refractivity contribution >= 4 is 63.8 Å². The molecule has 1 unspecified atom stereocenters. The maximum Gasteiger partial charge on any atom is 0.225 e. The van der Waals surface area contributed by atoms with E-state index in [0.29, 0.717) is 18.1 Å². The number of ether oxygens (including phenoxy) is 1. The molecule has 0 aliphatic rings. The van der Waals surface area contributed by atoms with Crippen molar-refractivity contribution in [3.63, 3.8) is 0 Å². The first kappa shape index (κ1) is 23.7. The molecule has 0 saturated heterocycles. The number of hydrogen-bond acceptors (Lipinski definition) is 7. The number of methoxy groups -OCH3 is 1. The predicted octanol–water partition coefficient (Wildman–Crippen LogP) is 5.55. The molecule has 3 rings (SSSR count). The van der Waals surface area contributed by atoms with Crippen molar-refractivity contribution in [2.24, 2.45) is 0 Å². The summed E-state index contributed by atoms with van der Waals surface area (Å²) in [6.07, 6.45) is 1.14. The molecular weight excluding hydrogens is 488 g/mol. The summed E-state index contributed by atoms with van der Waals surface area (Å²) in [6, 6.07) is 5.51. The standard InChI is InChI=1S/C12H11Cl2FN4O.C4HCl3N2/c1-20-6-9(8-3-2-7(15)5-16-8)17-11-4-10(13)18-12(14)19-11;5-2-1-3(6)9-4(7)8-2/h2-5,9H,6H2,1H3,(H,17,18,19);1H. The van der Waals surface area contributed by atoms with Crippen LogP contribution in [0.25, 0.3) is 0 Å². The number of nitrogens with one attached hydrogen (secondary N) is 1. The van der Waals surface area contributed by atoms with Gasteiger partial charge >= 0.3 is 0 Å². The van der Waals surface area contributed by atoms with E-state index in [9.17, 15) is 4.39 Å². The van der Waals surface area contributed by atoms with Crippen LogP contribution in [0.5, 0.6) is 0 Å². The Bertz CT molecular complexity index is 879. The molecular formula is C16H12Cl5FN6O. The number of halogens is 6. The van der Waals surface area contributed by atoms with Gasteiger partial charge < -0.3 is 10.1 Å². The molecule has 0 fully saturated rings. The molecule has 0 aliphatic carbocycles. The molecule has 1 atom stereocenters. The highest BCUT2D eigenvalue weighted by Gasteiger charge is 2.14. The summed E-state index contributed by atoms with van der Waals surface area (Å²) in [5.41, 5.74) is 0.610. The molecule has 3 aromatic heterocycles. The van der Waals surface area contributed by atoms with E-state index in [2.05, 4.69) is 30.2 Å². The van der Waals surface area contributed by atoms with Crippen molar-refractivity contribution in [1.82, 2.24) is 24.9 Å². The van der Waals surface area contributed by atoms with E-state index in [-0.39, 0.29) is 32.1 Å². The lowest BCUT2D eigenvalue weighted by Gasteiger charge is -2.18. The summed E-state index contributed by atoms with van der Waals surface area (Å²) in [5.74, 6) is 0.0289. The first-order valence-corrected chi connectivity index (χ1v) is 9.58. The van der Waals surface area contributed by atoms with Gasteiger partial charge in [0, 0.05) is 19.2 Å². The molecule has 7 nitrogen and oxygen atoms in total. The zero-order valence-corrected chi connectivity index (χ0v) is 18.4. The lowest BCUT2D eigenvalue weighted by Crippen LogP contribution is -2.18. The lowest BCUT2D eigenvalue weighted by atomic mass is 10.2. The summed E-state index contributed by atoms with van der Waals surface area (Å²) in [6.45, 7) is 0.317. The Hall–Kier alpha value is -1.55. The van der Waals surface area contributed by atoms with Gasteiger partial charge in [-0.1, -0.05) is 34.8 Å². The van der Waals surface area contributed by atoms with Gasteiger partial charge in [0.25, 0.3) is 0 Å². The van der Waals surface area contributed by atoms with Gasteiger partial charge in [0.15, 0.2) is 0 Å². The van der Waals surface area contributed by atoms with Crippen LogP contribution in [0.4, 0.5) is 10.2 Å². The largest absolute Gasteiger partial charge is 0.382 e. The number of hydrogen-bond donors (Lipinski definition) is 1. The highest BCUT2D eigenvalue weighted by atomic mass is 35.5. The van der Waals surface area contributed by atoms with E-state index in [1.807, 2.05) is 0 Å². The monoisotopic (exact) mass is 498 g/mol. The Morgan fingerprint density at radius 2 is 1.52 bits per heavy atom. The number of nitrogens with zero attached hydrogens (tertiary/aromatic N) is 5. The van der Waals surface area contributed by atoms with Crippen LogP contribution in [0.1, 0.15) is 11.7 Å². The van der Waals surface area contributed by atoms with Crippen molar-refractivity contribution < 1.29 is 9.13 Å². The van der Waals surface area contributed by atoms with Crippen LogP contribution in [0.15, 0.2) is 30.5 Å². The fourth-order valence-electron chi connectivity index (χ4n) is 1.97. The third-order valence-electron chi connectivity index (χ3n) is 3.07. The van der Waals surface area contributed by atoms with E-state index in [0.717, 1.165) is 6.20 Å². The van der Waals surface area contributed by atoms with Gasteiger partial charge in [-0.2, -0.15) is 0 Å². The van der Waals surface area contributed by atoms with E-state index in [4.69, 9.17) is 62.7 Å². The lowest BCUT2D eigenvalue weighted by molar-refractivity contribution is 0.185. The predicted molar refractivity (Wildman–Crippen MR) is 112 cm³/mol. The van der Waals surface area contributed by atoms with E-state index in [1.165, 1.54) is 18.2 Å². The molecule has 3 heterocycles. The van der Waals surface area contributed by atoms with Crippen LogP contribution in [0, 0.1) is 5.82 Å². The highest BCUT2D eigenvalue weighted by Crippen LogP contribution is 2.20. The van der Waals surface area contributed by atoms with E-state index < -0.39 is 5.82 Å². The quantitative estimate of drug-likeness (QED) is 0.363. The first-order chi connectivity index (χ1) is 13.8. The maximum atomic E-state index is 12.9. The summed E-state index contributed by atoms with van der Waals surface area (Å²) in [7, 11) is 1.55. The Labute approximate surface area is 190 Å².